The van der Waals surface area contributed by atoms with Crippen LogP contribution in [-0.4, -0.2) is 36.2 Å². The molecule has 180 valence electrons. The first-order valence-corrected chi connectivity index (χ1v) is 12.5. The zero-order chi connectivity index (χ0) is 24.1. The van der Waals surface area contributed by atoms with Crippen molar-refractivity contribution in [2.24, 2.45) is 0 Å². The van der Waals surface area contributed by atoms with E-state index in [4.69, 9.17) is 10.1 Å². The molecule has 0 bridgehead atoms. The lowest BCUT2D eigenvalue weighted by molar-refractivity contribution is -0.137. The molecule has 0 aromatic heterocycles. The molecule has 0 saturated carbocycles. The van der Waals surface area contributed by atoms with Gasteiger partial charge in [-0.3, -0.25) is 10.1 Å². The van der Waals surface area contributed by atoms with E-state index in [1.165, 1.54) is 16.7 Å². The Hall–Kier alpha value is -2.76. The van der Waals surface area contributed by atoms with Gasteiger partial charge in [0.2, 0.25) is 5.91 Å². The summed E-state index contributed by atoms with van der Waals surface area (Å²) in [5.41, 5.74) is 6.18. The highest BCUT2D eigenvalue weighted by atomic mass is 16.5. The Morgan fingerprint density at radius 3 is 2.44 bits per heavy atom. The molecule has 0 aliphatic carbocycles. The smallest absolute Gasteiger partial charge is 0.236 e. The van der Waals surface area contributed by atoms with E-state index < -0.39 is 0 Å². The predicted octanol–water partition coefficient (Wildman–Crippen LogP) is 5.52. The number of benzene rings is 2. The number of fused-ring (bicyclic) bond motifs is 2. The number of carbonyl (C=O) groups is 1. The maximum absolute atomic E-state index is 13.2. The van der Waals surface area contributed by atoms with Gasteiger partial charge in [-0.25, -0.2) is 0 Å². The van der Waals surface area contributed by atoms with Gasteiger partial charge in [0, 0.05) is 18.8 Å². The summed E-state index contributed by atoms with van der Waals surface area (Å²) in [4.78, 5) is 15.2. The summed E-state index contributed by atoms with van der Waals surface area (Å²) in [6.45, 7) is 8.43. The Labute approximate surface area is 203 Å². The maximum Gasteiger partial charge on any atom is 0.236 e. The van der Waals surface area contributed by atoms with E-state index in [1.54, 1.807) is 0 Å². The highest BCUT2D eigenvalue weighted by Crippen LogP contribution is 2.44. The minimum absolute atomic E-state index is 0.109. The van der Waals surface area contributed by atoms with E-state index >= 15 is 0 Å². The van der Waals surface area contributed by atoms with Crippen LogP contribution in [0.3, 0.4) is 0 Å². The van der Waals surface area contributed by atoms with Crippen LogP contribution in [0.5, 0.6) is 0 Å². The summed E-state index contributed by atoms with van der Waals surface area (Å²) >= 11 is 0. The van der Waals surface area contributed by atoms with Gasteiger partial charge in [0.05, 0.1) is 24.8 Å². The van der Waals surface area contributed by atoms with Gasteiger partial charge < -0.3 is 15.0 Å². The van der Waals surface area contributed by atoms with Crippen molar-refractivity contribution in [2.75, 3.05) is 19.6 Å². The van der Waals surface area contributed by atoms with E-state index in [2.05, 4.69) is 55.6 Å². The molecule has 2 aliphatic heterocycles. The van der Waals surface area contributed by atoms with Gasteiger partial charge in [-0.15, -0.1) is 0 Å². The van der Waals surface area contributed by atoms with Crippen molar-refractivity contribution < 1.29 is 9.53 Å². The summed E-state index contributed by atoms with van der Waals surface area (Å²) in [5, 5.41) is 12.0. The molecule has 1 saturated heterocycles. The summed E-state index contributed by atoms with van der Waals surface area (Å²) in [7, 11) is 0. The first-order valence-electron chi connectivity index (χ1n) is 12.5. The predicted molar refractivity (Wildman–Crippen MR) is 137 cm³/mol. The lowest BCUT2D eigenvalue weighted by Gasteiger charge is -2.39. The number of amides is 1. The highest BCUT2D eigenvalue weighted by Gasteiger charge is 2.43. The van der Waals surface area contributed by atoms with Crippen LogP contribution in [0, 0.1) is 5.41 Å². The molecule has 1 atom stereocenters. The van der Waals surface area contributed by atoms with Crippen LogP contribution in [-0.2, 0) is 21.7 Å². The zero-order valence-electron chi connectivity index (χ0n) is 20.7. The Balaban J connectivity index is 1.45. The quantitative estimate of drug-likeness (QED) is 0.511. The van der Waals surface area contributed by atoms with Crippen molar-refractivity contribution in [3.8, 4) is 0 Å². The van der Waals surface area contributed by atoms with Crippen molar-refractivity contribution >= 4 is 11.6 Å². The standard InChI is InChI=1S/C29H37N3O2/c1-4-10-21(2)27(22(3)30)28(23-11-6-5-7-12-23)31-19-26(33)32-17-15-29(16-18-32)25-14-9-8-13-24(25)20-34-29/h5-9,11-14,28,30-31H,4,10,15-20H2,1-3H3/b27-21+,30-22?. The topological polar surface area (TPSA) is 65.4 Å². The lowest BCUT2D eigenvalue weighted by atomic mass is 9.84. The minimum atomic E-state index is -0.238. The number of nitrogens with zero attached hydrogens (tertiary/aromatic N) is 1. The summed E-state index contributed by atoms with van der Waals surface area (Å²) in [6.07, 6.45) is 3.64. The molecule has 2 heterocycles. The monoisotopic (exact) mass is 459 g/mol. The lowest BCUT2D eigenvalue weighted by Crippen LogP contribution is -2.48. The molecule has 1 unspecified atom stereocenters. The van der Waals surface area contributed by atoms with Crippen LogP contribution in [0.1, 0.15) is 69.2 Å². The minimum Gasteiger partial charge on any atom is -0.365 e. The Morgan fingerprint density at radius 1 is 1.09 bits per heavy atom. The number of piperidine rings is 1. The number of carbonyl (C=O) groups excluding carboxylic acids is 1. The molecule has 2 N–H and O–H groups in total. The molecule has 1 spiro atoms. The largest absolute Gasteiger partial charge is 0.365 e. The molecule has 5 nitrogen and oxygen atoms in total. The van der Waals surface area contributed by atoms with Crippen molar-refractivity contribution in [3.05, 3.63) is 82.4 Å². The first kappa shape index (κ1) is 24.4. The third kappa shape index (κ3) is 5.01. The molecular weight excluding hydrogens is 422 g/mol. The van der Waals surface area contributed by atoms with Crippen LogP contribution in [0.15, 0.2) is 65.7 Å². The zero-order valence-corrected chi connectivity index (χ0v) is 20.7. The Kier molecular flexibility index (Phi) is 7.64. The third-order valence-electron chi connectivity index (χ3n) is 7.30. The van der Waals surface area contributed by atoms with Crippen molar-refractivity contribution in [3.63, 3.8) is 0 Å². The normalized spacial score (nSPS) is 18.4. The second-order valence-corrected chi connectivity index (χ2v) is 9.61. The number of likely N-dealkylation sites (tertiary alicyclic amines) is 1. The van der Waals surface area contributed by atoms with Gasteiger partial charge in [0.25, 0.3) is 0 Å². The van der Waals surface area contributed by atoms with Crippen molar-refractivity contribution in [2.45, 2.75) is 64.7 Å². The van der Waals surface area contributed by atoms with Crippen LogP contribution in [0.25, 0.3) is 0 Å². The van der Waals surface area contributed by atoms with E-state index in [-0.39, 0.29) is 24.1 Å². The molecule has 2 aromatic rings. The van der Waals surface area contributed by atoms with Crippen LogP contribution >= 0.6 is 0 Å². The average Bonchev–Trinajstić information content (AvgIpc) is 3.20. The second-order valence-electron chi connectivity index (χ2n) is 9.61. The van der Waals surface area contributed by atoms with Gasteiger partial charge in [0.1, 0.15) is 0 Å². The number of ether oxygens (including phenoxy) is 1. The SMILES string of the molecule is CCC/C(C)=C(\C(C)=N)C(NCC(=O)N1CCC2(CC1)OCc1ccccc12)c1ccccc1. The van der Waals surface area contributed by atoms with E-state index in [0.717, 1.165) is 36.8 Å². The Bertz CT molecular complexity index is 1050. The van der Waals surface area contributed by atoms with E-state index in [0.29, 0.717) is 25.4 Å². The van der Waals surface area contributed by atoms with Crippen molar-refractivity contribution in [1.82, 2.24) is 10.2 Å². The van der Waals surface area contributed by atoms with Crippen molar-refractivity contribution in [1.29, 1.82) is 5.41 Å². The highest BCUT2D eigenvalue weighted by molar-refractivity contribution is 5.97. The summed E-state index contributed by atoms with van der Waals surface area (Å²) in [6, 6.07) is 18.5. The average molecular weight is 460 g/mol. The Morgan fingerprint density at radius 2 is 1.76 bits per heavy atom. The molecule has 2 aliphatic rings. The van der Waals surface area contributed by atoms with Gasteiger partial charge in [-0.05, 0) is 55.4 Å². The summed E-state index contributed by atoms with van der Waals surface area (Å²) < 4.78 is 6.26. The van der Waals surface area contributed by atoms with Crippen LogP contribution in [0.4, 0.5) is 0 Å². The molecular formula is C29H37N3O2. The molecule has 1 fully saturated rings. The molecule has 34 heavy (non-hydrogen) atoms. The molecule has 1 amide bonds. The fourth-order valence-corrected chi connectivity index (χ4v) is 5.54. The summed E-state index contributed by atoms with van der Waals surface area (Å²) in [5.74, 6) is 0.109. The molecule has 0 radical (unpaired) electrons. The van der Waals surface area contributed by atoms with Gasteiger partial charge in [0.15, 0.2) is 0 Å². The number of nitrogens with one attached hydrogen (secondary N) is 2. The number of hydrogen-bond donors (Lipinski definition) is 2. The fourth-order valence-electron chi connectivity index (χ4n) is 5.54. The van der Waals surface area contributed by atoms with Crippen LogP contribution < -0.4 is 5.32 Å². The third-order valence-corrected chi connectivity index (χ3v) is 7.30. The number of rotatable bonds is 8. The van der Waals surface area contributed by atoms with Gasteiger partial charge in [-0.1, -0.05) is 73.5 Å². The van der Waals surface area contributed by atoms with E-state index in [1.807, 2.05) is 30.0 Å². The maximum atomic E-state index is 13.2. The number of hydrogen-bond acceptors (Lipinski definition) is 4. The molecule has 4 rings (SSSR count). The van der Waals surface area contributed by atoms with Gasteiger partial charge in [-0.2, -0.15) is 0 Å². The first-order chi connectivity index (χ1) is 16.4. The number of allylic oxidation sites excluding steroid dienone is 1. The fraction of sp³-hybridized carbons (Fsp3) is 0.448. The van der Waals surface area contributed by atoms with Crippen LogP contribution in [0.2, 0.25) is 0 Å². The second kappa shape index (κ2) is 10.7. The molecule has 5 heteroatoms. The van der Waals surface area contributed by atoms with Gasteiger partial charge >= 0.3 is 0 Å². The molecule has 2 aromatic carbocycles. The van der Waals surface area contributed by atoms with E-state index in [9.17, 15) is 4.79 Å².